The van der Waals surface area contributed by atoms with E-state index in [-0.39, 0.29) is 5.69 Å². The number of aromatic nitrogens is 3. The zero-order valence-electron chi connectivity index (χ0n) is 15.9. The summed E-state index contributed by atoms with van der Waals surface area (Å²) in [6.07, 6.45) is 0. The molecular weight excluding hydrogens is 384 g/mol. The van der Waals surface area contributed by atoms with Crippen LogP contribution in [0.2, 0.25) is 0 Å². The van der Waals surface area contributed by atoms with Crippen LogP contribution in [0.4, 0.5) is 11.5 Å². The lowest BCUT2D eigenvalue weighted by Crippen LogP contribution is -2.06. The third kappa shape index (κ3) is 4.14. The summed E-state index contributed by atoms with van der Waals surface area (Å²) in [6.45, 7) is 2.09. The first-order valence-corrected chi connectivity index (χ1v) is 9.83. The standard InChI is InChI=1S/C22H18N4O2S/c1-14-5-3-4-6-17(14)21-24-19(13-29-21)15-7-9-16(10-8-15)23-20-12-11-18(25-26-20)22(27)28-2/h3-13H,1-2H3,(H,23,26). The summed E-state index contributed by atoms with van der Waals surface area (Å²) >= 11 is 1.64. The number of methoxy groups -OCH3 is 1. The molecule has 6 nitrogen and oxygen atoms in total. The van der Waals surface area contributed by atoms with Crippen molar-refractivity contribution < 1.29 is 9.53 Å². The quantitative estimate of drug-likeness (QED) is 0.468. The Balaban J connectivity index is 1.48. The molecule has 1 N–H and O–H groups in total. The van der Waals surface area contributed by atoms with E-state index in [2.05, 4.69) is 44.7 Å². The number of hydrogen-bond donors (Lipinski definition) is 1. The summed E-state index contributed by atoms with van der Waals surface area (Å²) in [4.78, 5) is 16.2. The summed E-state index contributed by atoms with van der Waals surface area (Å²) < 4.78 is 4.62. The molecule has 2 aromatic carbocycles. The monoisotopic (exact) mass is 402 g/mol. The highest BCUT2D eigenvalue weighted by molar-refractivity contribution is 7.13. The van der Waals surface area contributed by atoms with Crippen LogP contribution in [-0.2, 0) is 4.74 Å². The second-order valence-electron chi connectivity index (χ2n) is 6.35. The smallest absolute Gasteiger partial charge is 0.358 e. The molecule has 2 aromatic heterocycles. The van der Waals surface area contributed by atoms with E-state index < -0.39 is 5.97 Å². The zero-order chi connectivity index (χ0) is 20.2. The van der Waals surface area contributed by atoms with Crippen LogP contribution in [0.3, 0.4) is 0 Å². The van der Waals surface area contributed by atoms with Crippen molar-refractivity contribution in [3.8, 4) is 21.8 Å². The molecular formula is C22H18N4O2S. The molecule has 0 radical (unpaired) electrons. The van der Waals surface area contributed by atoms with Crippen LogP contribution in [0.1, 0.15) is 16.1 Å². The van der Waals surface area contributed by atoms with Crippen molar-refractivity contribution in [1.29, 1.82) is 0 Å². The number of thiazole rings is 1. The van der Waals surface area contributed by atoms with Gasteiger partial charge in [0.2, 0.25) is 0 Å². The van der Waals surface area contributed by atoms with Crippen LogP contribution in [0.5, 0.6) is 0 Å². The Bertz CT molecular complexity index is 1140. The van der Waals surface area contributed by atoms with Gasteiger partial charge >= 0.3 is 5.97 Å². The Morgan fingerprint density at radius 1 is 1.00 bits per heavy atom. The lowest BCUT2D eigenvalue weighted by molar-refractivity contribution is 0.0593. The third-order valence-corrected chi connectivity index (χ3v) is 5.27. The molecule has 0 fully saturated rings. The largest absolute Gasteiger partial charge is 0.464 e. The average Bonchev–Trinajstić information content (AvgIpc) is 3.24. The fourth-order valence-electron chi connectivity index (χ4n) is 2.83. The van der Waals surface area contributed by atoms with E-state index in [1.807, 2.05) is 36.4 Å². The van der Waals surface area contributed by atoms with Crippen molar-refractivity contribution in [3.63, 3.8) is 0 Å². The number of benzene rings is 2. The van der Waals surface area contributed by atoms with Crippen LogP contribution < -0.4 is 5.32 Å². The van der Waals surface area contributed by atoms with Gasteiger partial charge in [-0.1, -0.05) is 36.4 Å². The van der Waals surface area contributed by atoms with Crippen molar-refractivity contribution >= 4 is 28.8 Å². The van der Waals surface area contributed by atoms with Gasteiger partial charge in [-0.15, -0.1) is 21.5 Å². The minimum absolute atomic E-state index is 0.168. The molecule has 0 spiro atoms. The highest BCUT2D eigenvalue weighted by Gasteiger charge is 2.10. The average molecular weight is 402 g/mol. The van der Waals surface area contributed by atoms with E-state index in [4.69, 9.17) is 4.98 Å². The highest BCUT2D eigenvalue weighted by atomic mass is 32.1. The van der Waals surface area contributed by atoms with Crippen LogP contribution in [0.25, 0.3) is 21.8 Å². The van der Waals surface area contributed by atoms with Gasteiger partial charge in [0.15, 0.2) is 11.5 Å². The summed E-state index contributed by atoms with van der Waals surface area (Å²) in [6, 6.07) is 19.4. The van der Waals surface area contributed by atoms with Gasteiger partial charge in [-0.05, 0) is 36.8 Å². The predicted molar refractivity (Wildman–Crippen MR) is 114 cm³/mol. The maximum atomic E-state index is 11.4. The van der Waals surface area contributed by atoms with Gasteiger partial charge in [-0.2, -0.15) is 0 Å². The molecule has 0 aliphatic heterocycles. The van der Waals surface area contributed by atoms with Crippen LogP contribution in [-0.4, -0.2) is 28.3 Å². The summed E-state index contributed by atoms with van der Waals surface area (Å²) in [5, 5.41) is 14.1. The first kappa shape index (κ1) is 18.8. The molecule has 4 rings (SSSR count). The number of ether oxygens (including phenoxy) is 1. The number of anilines is 2. The number of aryl methyl sites for hydroxylation is 1. The van der Waals surface area contributed by atoms with Crippen molar-refractivity contribution in [3.05, 3.63) is 77.3 Å². The molecule has 0 aliphatic carbocycles. The number of nitrogens with zero attached hydrogens (tertiary/aromatic N) is 3. The molecule has 4 aromatic rings. The molecule has 0 bridgehead atoms. The fourth-order valence-corrected chi connectivity index (χ4v) is 3.75. The van der Waals surface area contributed by atoms with Crippen molar-refractivity contribution in [1.82, 2.24) is 15.2 Å². The second kappa shape index (κ2) is 8.20. The number of rotatable bonds is 5. The molecule has 29 heavy (non-hydrogen) atoms. The highest BCUT2D eigenvalue weighted by Crippen LogP contribution is 2.31. The Kier molecular flexibility index (Phi) is 5.31. The first-order chi connectivity index (χ1) is 14.1. The minimum Gasteiger partial charge on any atom is -0.464 e. The number of hydrogen-bond acceptors (Lipinski definition) is 7. The molecule has 0 saturated heterocycles. The van der Waals surface area contributed by atoms with Gasteiger partial charge in [0, 0.05) is 22.2 Å². The van der Waals surface area contributed by atoms with E-state index in [9.17, 15) is 4.79 Å². The number of nitrogens with one attached hydrogen (secondary N) is 1. The van der Waals surface area contributed by atoms with Gasteiger partial charge in [0.1, 0.15) is 5.01 Å². The maximum Gasteiger partial charge on any atom is 0.358 e. The van der Waals surface area contributed by atoms with E-state index in [1.165, 1.54) is 12.7 Å². The Hall–Kier alpha value is -3.58. The van der Waals surface area contributed by atoms with Gasteiger partial charge < -0.3 is 10.1 Å². The zero-order valence-corrected chi connectivity index (χ0v) is 16.7. The van der Waals surface area contributed by atoms with Gasteiger partial charge in [0.05, 0.1) is 12.8 Å². The summed E-state index contributed by atoms with van der Waals surface area (Å²) in [5.74, 6) is 0.0302. The lowest BCUT2D eigenvalue weighted by Gasteiger charge is -2.06. The van der Waals surface area contributed by atoms with Gasteiger partial charge in [-0.25, -0.2) is 9.78 Å². The lowest BCUT2D eigenvalue weighted by atomic mass is 10.1. The SMILES string of the molecule is COC(=O)c1ccc(Nc2ccc(-c3csc(-c4ccccc4C)n3)cc2)nn1. The van der Waals surface area contributed by atoms with Crippen LogP contribution in [0, 0.1) is 6.92 Å². The number of esters is 1. The third-order valence-electron chi connectivity index (χ3n) is 4.39. The Morgan fingerprint density at radius 2 is 1.79 bits per heavy atom. The van der Waals surface area contributed by atoms with Crippen molar-refractivity contribution in [2.24, 2.45) is 0 Å². The molecule has 2 heterocycles. The maximum absolute atomic E-state index is 11.4. The topological polar surface area (TPSA) is 77.0 Å². The molecule has 7 heteroatoms. The Morgan fingerprint density at radius 3 is 2.48 bits per heavy atom. The fraction of sp³-hybridized carbons (Fsp3) is 0.0909. The Labute approximate surface area is 172 Å². The molecule has 0 atom stereocenters. The summed E-state index contributed by atoms with van der Waals surface area (Å²) in [7, 11) is 1.31. The molecule has 0 unspecified atom stereocenters. The molecule has 0 saturated carbocycles. The van der Waals surface area contributed by atoms with E-state index >= 15 is 0 Å². The number of carbonyl (C=O) groups is 1. The summed E-state index contributed by atoms with van der Waals surface area (Å²) in [5.41, 5.74) is 5.40. The second-order valence-corrected chi connectivity index (χ2v) is 7.21. The van der Waals surface area contributed by atoms with Gasteiger partial charge in [-0.3, -0.25) is 0 Å². The van der Waals surface area contributed by atoms with Crippen molar-refractivity contribution in [2.45, 2.75) is 6.92 Å². The molecule has 144 valence electrons. The minimum atomic E-state index is -0.512. The van der Waals surface area contributed by atoms with E-state index in [0.717, 1.165) is 27.5 Å². The van der Waals surface area contributed by atoms with E-state index in [0.29, 0.717) is 5.82 Å². The van der Waals surface area contributed by atoms with Crippen LogP contribution in [0.15, 0.2) is 66.0 Å². The van der Waals surface area contributed by atoms with Crippen LogP contribution >= 0.6 is 11.3 Å². The molecule has 0 amide bonds. The normalized spacial score (nSPS) is 10.6. The number of carbonyl (C=O) groups excluding carboxylic acids is 1. The molecule has 0 aliphatic rings. The van der Waals surface area contributed by atoms with E-state index in [1.54, 1.807) is 23.5 Å². The van der Waals surface area contributed by atoms with Gasteiger partial charge in [0.25, 0.3) is 0 Å². The van der Waals surface area contributed by atoms with Crippen molar-refractivity contribution in [2.75, 3.05) is 12.4 Å². The first-order valence-electron chi connectivity index (χ1n) is 8.95. The predicted octanol–water partition coefficient (Wildman–Crippen LogP) is 5.11.